The first-order chi connectivity index (χ1) is 12.3. The van der Waals surface area contributed by atoms with Crippen LogP contribution in [0.25, 0.3) is 11.4 Å². The summed E-state index contributed by atoms with van der Waals surface area (Å²) in [6, 6.07) is 9.01. The van der Waals surface area contributed by atoms with Crippen LogP contribution >= 0.6 is 27.5 Å². The number of hydrogen-bond donors (Lipinski definition) is 1. The molecule has 0 saturated carbocycles. The van der Waals surface area contributed by atoms with E-state index in [2.05, 4.69) is 40.9 Å². The first kappa shape index (κ1) is 18.4. The van der Waals surface area contributed by atoms with Gasteiger partial charge in [-0.15, -0.1) is 13.2 Å². The predicted octanol–water partition coefficient (Wildman–Crippen LogP) is 5.60. The van der Waals surface area contributed by atoms with Crippen LogP contribution in [0.3, 0.4) is 0 Å². The molecule has 5 nitrogen and oxygen atoms in total. The molecule has 10 heteroatoms. The number of alkyl halides is 3. The lowest BCUT2D eigenvalue weighted by Gasteiger charge is -2.12. The van der Waals surface area contributed by atoms with Crippen LogP contribution < -0.4 is 10.1 Å². The molecular weight excluding hydrogens is 437 g/mol. The third-order valence-corrected chi connectivity index (χ3v) is 3.88. The maximum absolute atomic E-state index is 12.3. The Morgan fingerprint density at radius 2 is 1.77 bits per heavy atom. The smallest absolute Gasteiger partial charge is 0.405 e. The number of rotatable bonds is 4. The van der Waals surface area contributed by atoms with Crippen molar-refractivity contribution >= 4 is 39.0 Å². The first-order valence-corrected chi connectivity index (χ1v) is 8.24. The molecule has 3 aromatic rings. The standard InChI is InChI=1S/C16H9BrClF3N4O/c17-11-7-10(1-2-12(11)26-16(19,20)21)23-14-8-13(18)24-15(25-14)9-3-5-22-6-4-9/h1-8H,(H,23,24,25). The summed E-state index contributed by atoms with van der Waals surface area (Å²) < 4.78 is 41.0. The van der Waals surface area contributed by atoms with Gasteiger partial charge in [0.15, 0.2) is 5.82 Å². The number of aromatic nitrogens is 3. The number of nitrogens with one attached hydrogen (secondary N) is 1. The van der Waals surface area contributed by atoms with Crippen molar-refractivity contribution in [3.8, 4) is 17.1 Å². The number of halogens is 5. The zero-order valence-corrected chi connectivity index (χ0v) is 15.1. The summed E-state index contributed by atoms with van der Waals surface area (Å²) in [4.78, 5) is 12.4. The fraction of sp³-hybridized carbons (Fsp3) is 0.0625. The molecule has 0 fully saturated rings. The van der Waals surface area contributed by atoms with Crippen LogP contribution in [0, 0.1) is 0 Å². The Kier molecular flexibility index (Phi) is 5.28. The maximum Gasteiger partial charge on any atom is 0.573 e. The summed E-state index contributed by atoms with van der Waals surface area (Å²) in [5, 5.41) is 3.18. The molecule has 0 bridgehead atoms. The molecule has 0 atom stereocenters. The number of pyridine rings is 1. The summed E-state index contributed by atoms with van der Waals surface area (Å²) in [6.07, 6.45) is -1.57. The van der Waals surface area contributed by atoms with E-state index in [1.165, 1.54) is 24.3 Å². The highest BCUT2D eigenvalue weighted by molar-refractivity contribution is 9.10. The third-order valence-electron chi connectivity index (χ3n) is 3.06. The van der Waals surface area contributed by atoms with Crippen LogP contribution in [0.5, 0.6) is 5.75 Å². The lowest BCUT2D eigenvalue weighted by Crippen LogP contribution is -2.17. The van der Waals surface area contributed by atoms with Crippen molar-refractivity contribution in [2.75, 3.05) is 5.32 Å². The number of ether oxygens (including phenoxy) is 1. The molecule has 0 radical (unpaired) electrons. The fourth-order valence-corrected chi connectivity index (χ4v) is 2.69. The topological polar surface area (TPSA) is 59.9 Å². The van der Waals surface area contributed by atoms with E-state index in [-0.39, 0.29) is 15.4 Å². The Morgan fingerprint density at radius 3 is 2.42 bits per heavy atom. The zero-order valence-electron chi connectivity index (χ0n) is 12.8. The minimum absolute atomic E-state index is 0.134. The molecule has 0 aliphatic carbocycles. The van der Waals surface area contributed by atoms with E-state index >= 15 is 0 Å². The van der Waals surface area contributed by atoms with Crippen molar-refractivity contribution in [2.24, 2.45) is 0 Å². The lowest BCUT2D eigenvalue weighted by molar-refractivity contribution is -0.274. The summed E-state index contributed by atoms with van der Waals surface area (Å²) in [5.74, 6) is 0.424. The summed E-state index contributed by atoms with van der Waals surface area (Å²) in [7, 11) is 0. The van der Waals surface area contributed by atoms with Gasteiger partial charge in [0, 0.05) is 29.7 Å². The summed E-state index contributed by atoms with van der Waals surface area (Å²) in [6.45, 7) is 0. The van der Waals surface area contributed by atoms with Gasteiger partial charge in [0.2, 0.25) is 0 Å². The van der Waals surface area contributed by atoms with Gasteiger partial charge in [0.1, 0.15) is 16.7 Å². The Hall–Kier alpha value is -2.39. The zero-order chi connectivity index (χ0) is 18.7. The van der Waals surface area contributed by atoms with Crippen molar-refractivity contribution in [3.05, 3.63) is 58.4 Å². The highest BCUT2D eigenvalue weighted by Gasteiger charge is 2.31. The van der Waals surface area contributed by atoms with E-state index in [0.717, 1.165) is 5.56 Å². The second kappa shape index (κ2) is 7.46. The van der Waals surface area contributed by atoms with Gasteiger partial charge in [0.25, 0.3) is 0 Å². The largest absolute Gasteiger partial charge is 0.573 e. The van der Waals surface area contributed by atoms with Gasteiger partial charge >= 0.3 is 6.36 Å². The molecule has 1 N–H and O–H groups in total. The second-order valence-corrected chi connectivity index (χ2v) is 6.19. The van der Waals surface area contributed by atoms with Gasteiger partial charge in [-0.3, -0.25) is 4.98 Å². The van der Waals surface area contributed by atoms with Crippen molar-refractivity contribution in [1.82, 2.24) is 15.0 Å². The monoisotopic (exact) mass is 444 g/mol. The molecule has 0 aliphatic rings. The van der Waals surface area contributed by atoms with Crippen LogP contribution in [0.15, 0.2) is 53.3 Å². The molecule has 2 aromatic heterocycles. The first-order valence-electron chi connectivity index (χ1n) is 7.07. The van der Waals surface area contributed by atoms with Crippen molar-refractivity contribution in [1.29, 1.82) is 0 Å². The average Bonchev–Trinajstić information content (AvgIpc) is 2.57. The molecule has 134 valence electrons. The van der Waals surface area contributed by atoms with Crippen LogP contribution in [-0.4, -0.2) is 21.3 Å². The highest BCUT2D eigenvalue weighted by atomic mass is 79.9. The second-order valence-electron chi connectivity index (χ2n) is 4.95. The van der Waals surface area contributed by atoms with Gasteiger partial charge in [-0.25, -0.2) is 9.97 Å². The molecule has 0 saturated heterocycles. The van der Waals surface area contributed by atoms with Crippen molar-refractivity contribution in [2.45, 2.75) is 6.36 Å². The molecular formula is C16H9BrClF3N4O. The molecule has 0 spiro atoms. The molecule has 2 heterocycles. The van der Waals surface area contributed by atoms with E-state index in [4.69, 9.17) is 11.6 Å². The van der Waals surface area contributed by atoms with Crippen LogP contribution in [0.2, 0.25) is 5.15 Å². The summed E-state index contributed by atoms with van der Waals surface area (Å²) in [5.41, 5.74) is 1.21. The Labute approximate surface area is 159 Å². The van der Waals surface area contributed by atoms with Gasteiger partial charge < -0.3 is 10.1 Å². The minimum atomic E-state index is -4.77. The van der Waals surface area contributed by atoms with Crippen LogP contribution in [0.1, 0.15) is 0 Å². The Morgan fingerprint density at radius 1 is 1.04 bits per heavy atom. The Bertz CT molecular complexity index is 925. The molecule has 0 aliphatic heterocycles. The molecule has 26 heavy (non-hydrogen) atoms. The van der Waals surface area contributed by atoms with E-state index in [1.807, 2.05) is 0 Å². The van der Waals surface area contributed by atoms with Crippen molar-refractivity contribution in [3.63, 3.8) is 0 Å². The number of nitrogens with zero attached hydrogens (tertiary/aromatic N) is 3. The molecule has 0 unspecified atom stereocenters. The normalized spacial score (nSPS) is 11.3. The van der Waals surface area contributed by atoms with Gasteiger partial charge in [-0.05, 0) is 46.3 Å². The SMILES string of the molecule is FC(F)(F)Oc1ccc(Nc2cc(Cl)nc(-c3ccncc3)n2)cc1Br. The van der Waals surface area contributed by atoms with E-state index in [0.29, 0.717) is 17.3 Å². The van der Waals surface area contributed by atoms with E-state index < -0.39 is 6.36 Å². The van der Waals surface area contributed by atoms with E-state index in [1.54, 1.807) is 24.5 Å². The van der Waals surface area contributed by atoms with Gasteiger partial charge in [-0.2, -0.15) is 0 Å². The highest BCUT2D eigenvalue weighted by Crippen LogP contribution is 2.33. The average molecular weight is 446 g/mol. The molecule has 0 amide bonds. The van der Waals surface area contributed by atoms with Crippen LogP contribution in [0.4, 0.5) is 24.7 Å². The molecule has 1 aromatic carbocycles. The van der Waals surface area contributed by atoms with Gasteiger partial charge in [0.05, 0.1) is 4.47 Å². The fourth-order valence-electron chi connectivity index (χ4n) is 2.05. The number of hydrogen-bond acceptors (Lipinski definition) is 5. The maximum atomic E-state index is 12.3. The van der Waals surface area contributed by atoms with E-state index in [9.17, 15) is 13.2 Å². The Balaban J connectivity index is 1.85. The molecule has 3 rings (SSSR count). The van der Waals surface area contributed by atoms with Crippen LogP contribution in [-0.2, 0) is 0 Å². The number of anilines is 2. The third kappa shape index (κ3) is 4.83. The summed E-state index contributed by atoms with van der Waals surface area (Å²) >= 11 is 9.08. The quantitative estimate of drug-likeness (QED) is 0.530. The predicted molar refractivity (Wildman–Crippen MR) is 94.4 cm³/mol. The van der Waals surface area contributed by atoms with Gasteiger partial charge in [-0.1, -0.05) is 11.6 Å². The number of benzene rings is 1. The van der Waals surface area contributed by atoms with Crippen molar-refractivity contribution < 1.29 is 17.9 Å². The lowest BCUT2D eigenvalue weighted by atomic mass is 10.2. The minimum Gasteiger partial charge on any atom is -0.405 e.